The molecule has 0 saturated heterocycles. The molecule has 180 valence electrons. The number of aryl methyl sites for hydroxylation is 1. The number of anilines is 1. The number of nitrogens with one attached hydrogen (secondary N) is 1. The molecule has 0 atom stereocenters. The van der Waals surface area contributed by atoms with Crippen LogP contribution >= 0.6 is 0 Å². The zero-order chi connectivity index (χ0) is 25.1. The number of ether oxygens (including phenoxy) is 4. The Labute approximate surface area is 204 Å². The van der Waals surface area contributed by atoms with Gasteiger partial charge in [0.15, 0.2) is 11.5 Å². The van der Waals surface area contributed by atoms with Crippen LogP contribution in [0.5, 0.6) is 23.0 Å². The summed E-state index contributed by atoms with van der Waals surface area (Å²) in [6.07, 6.45) is 0. The van der Waals surface area contributed by atoms with E-state index in [1.807, 2.05) is 62.4 Å². The van der Waals surface area contributed by atoms with E-state index in [4.69, 9.17) is 23.9 Å². The molecule has 0 spiro atoms. The smallest absolute Gasteiger partial charge is 0.256 e. The van der Waals surface area contributed by atoms with Gasteiger partial charge in [-0.15, -0.1) is 0 Å². The number of carbonyl (C=O) groups is 1. The Morgan fingerprint density at radius 2 is 1.46 bits per heavy atom. The molecule has 0 aliphatic heterocycles. The highest BCUT2D eigenvalue weighted by atomic mass is 16.5. The second kappa shape index (κ2) is 9.93. The van der Waals surface area contributed by atoms with Crippen molar-refractivity contribution in [1.82, 2.24) is 4.98 Å². The molecule has 0 bridgehead atoms. The van der Waals surface area contributed by atoms with Crippen LogP contribution in [0.3, 0.4) is 0 Å². The summed E-state index contributed by atoms with van der Waals surface area (Å²) in [6.45, 7) is 3.89. The number of aromatic nitrogens is 1. The van der Waals surface area contributed by atoms with E-state index in [1.165, 1.54) is 0 Å². The van der Waals surface area contributed by atoms with Crippen LogP contribution in [-0.2, 0) is 0 Å². The van der Waals surface area contributed by atoms with E-state index in [0.717, 1.165) is 27.8 Å². The highest BCUT2D eigenvalue weighted by Crippen LogP contribution is 2.41. The number of nitrogens with zero attached hydrogens (tertiary/aromatic N) is 1. The maximum Gasteiger partial charge on any atom is 0.256 e. The van der Waals surface area contributed by atoms with Gasteiger partial charge in [-0.05, 0) is 49.7 Å². The summed E-state index contributed by atoms with van der Waals surface area (Å²) in [6, 6.07) is 16.8. The third-order valence-corrected chi connectivity index (χ3v) is 5.98. The van der Waals surface area contributed by atoms with Gasteiger partial charge in [-0.25, -0.2) is 4.98 Å². The van der Waals surface area contributed by atoms with Crippen LogP contribution in [0.4, 0.5) is 5.69 Å². The van der Waals surface area contributed by atoms with Gasteiger partial charge in [0.1, 0.15) is 5.75 Å². The lowest BCUT2D eigenvalue weighted by atomic mass is 10.0. The number of hydrogen-bond acceptors (Lipinski definition) is 6. The second-order valence-electron chi connectivity index (χ2n) is 8.03. The number of fused-ring (bicyclic) bond motifs is 1. The fourth-order valence-electron chi connectivity index (χ4n) is 4.21. The predicted octanol–water partition coefficient (Wildman–Crippen LogP) is 5.81. The normalized spacial score (nSPS) is 10.7. The molecule has 1 heterocycles. The van der Waals surface area contributed by atoms with Gasteiger partial charge in [-0.3, -0.25) is 4.79 Å². The standard InChI is InChI=1S/C28H28N2O5/c1-16-11-12-21(17(2)26(16)34-5)30-28(31)20-15-23(29-22-10-8-7-9-19(20)22)18-13-24(32-3)27(35-6)25(14-18)33-4/h7-15H,1-6H3,(H,30,31). The maximum atomic E-state index is 13.5. The van der Waals surface area contributed by atoms with Crippen LogP contribution in [0.1, 0.15) is 21.5 Å². The Morgan fingerprint density at radius 3 is 2.09 bits per heavy atom. The molecule has 0 aliphatic carbocycles. The molecule has 0 fully saturated rings. The molecule has 1 amide bonds. The lowest BCUT2D eigenvalue weighted by Gasteiger charge is -2.16. The Balaban J connectivity index is 1.84. The van der Waals surface area contributed by atoms with Gasteiger partial charge in [-0.1, -0.05) is 24.3 Å². The quantitative estimate of drug-likeness (QED) is 0.366. The van der Waals surface area contributed by atoms with Gasteiger partial charge in [0, 0.05) is 22.2 Å². The third kappa shape index (κ3) is 4.45. The molecule has 1 N–H and O–H groups in total. The lowest BCUT2D eigenvalue weighted by molar-refractivity contribution is 0.102. The summed E-state index contributed by atoms with van der Waals surface area (Å²) in [4.78, 5) is 18.4. The molecule has 4 aromatic rings. The first-order valence-corrected chi connectivity index (χ1v) is 11.1. The Morgan fingerprint density at radius 1 is 0.800 bits per heavy atom. The van der Waals surface area contributed by atoms with Crippen LogP contribution in [0.2, 0.25) is 0 Å². The first-order chi connectivity index (χ1) is 16.9. The van der Waals surface area contributed by atoms with Crippen molar-refractivity contribution in [3.63, 3.8) is 0 Å². The average molecular weight is 473 g/mol. The van der Waals surface area contributed by atoms with Crippen molar-refractivity contribution in [2.75, 3.05) is 33.8 Å². The first-order valence-electron chi connectivity index (χ1n) is 11.1. The summed E-state index contributed by atoms with van der Waals surface area (Å²) >= 11 is 0. The van der Waals surface area contributed by atoms with Crippen molar-refractivity contribution in [3.05, 3.63) is 71.3 Å². The highest BCUT2D eigenvalue weighted by Gasteiger charge is 2.19. The van der Waals surface area contributed by atoms with E-state index in [9.17, 15) is 4.79 Å². The Hall–Kier alpha value is -4.26. The van der Waals surface area contributed by atoms with E-state index in [-0.39, 0.29) is 5.91 Å². The Kier molecular flexibility index (Phi) is 6.78. The van der Waals surface area contributed by atoms with E-state index >= 15 is 0 Å². The third-order valence-electron chi connectivity index (χ3n) is 5.98. The van der Waals surface area contributed by atoms with Crippen LogP contribution in [0, 0.1) is 13.8 Å². The fraction of sp³-hybridized carbons (Fsp3) is 0.214. The zero-order valence-electron chi connectivity index (χ0n) is 20.7. The molecule has 7 nitrogen and oxygen atoms in total. The Bertz CT molecular complexity index is 1390. The van der Waals surface area contributed by atoms with Crippen LogP contribution in [0.25, 0.3) is 22.2 Å². The van der Waals surface area contributed by atoms with Crippen molar-refractivity contribution in [1.29, 1.82) is 0 Å². The van der Waals surface area contributed by atoms with Crippen molar-refractivity contribution in [3.8, 4) is 34.3 Å². The minimum Gasteiger partial charge on any atom is -0.496 e. The molecular formula is C28H28N2O5. The minimum absolute atomic E-state index is 0.244. The van der Waals surface area contributed by atoms with Gasteiger partial charge < -0.3 is 24.3 Å². The SMILES string of the molecule is COc1cc(-c2cc(C(=O)Nc3ccc(C)c(OC)c3C)c3ccccc3n2)cc(OC)c1OC. The maximum absolute atomic E-state index is 13.5. The van der Waals surface area contributed by atoms with Crippen molar-refractivity contribution >= 4 is 22.5 Å². The monoisotopic (exact) mass is 472 g/mol. The van der Waals surface area contributed by atoms with Crippen LogP contribution < -0.4 is 24.3 Å². The summed E-state index contributed by atoms with van der Waals surface area (Å²) in [5, 5.41) is 3.79. The second-order valence-corrected chi connectivity index (χ2v) is 8.03. The highest BCUT2D eigenvalue weighted by molar-refractivity contribution is 6.13. The van der Waals surface area contributed by atoms with Gasteiger partial charge >= 0.3 is 0 Å². The number of amides is 1. The fourth-order valence-corrected chi connectivity index (χ4v) is 4.21. The largest absolute Gasteiger partial charge is 0.496 e. The van der Waals surface area contributed by atoms with Crippen LogP contribution in [0.15, 0.2) is 54.6 Å². The first kappa shape index (κ1) is 23.9. The number of para-hydroxylation sites is 1. The number of carbonyl (C=O) groups excluding carboxylic acids is 1. The summed E-state index contributed by atoms with van der Waals surface area (Å²) in [5.41, 5.74) is 5.08. The molecule has 0 aliphatic rings. The molecule has 0 unspecified atom stereocenters. The van der Waals surface area contributed by atoms with E-state index in [2.05, 4.69) is 5.32 Å². The molecule has 35 heavy (non-hydrogen) atoms. The van der Waals surface area contributed by atoms with Gasteiger partial charge in [0.2, 0.25) is 5.75 Å². The molecule has 0 radical (unpaired) electrons. The predicted molar refractivity (Wildman–Crippen MR) is 137 cm³/mol. The lowest BCUT2D eigenvalue weighted by Crippen LogP contribution is -2.14. The van der Waals surface area contributed by atoms with Crippen molar-refractivity contribution in [2.45, 2.75) is 13.8 Å². The number of rotatable bonds is 7. The zero-order valence-corrected chi connectivity index (χ0v) is 20.7. The van der Waals surface area contributed by atoms with Crippen LogP contribution in [-0.4, -0.2) is 39.3 Å². The van der Waals surface area contributed by atoms with Crippen molar-refractivity contribution < 1.29 is 23.7 Å². The van der Waals surface area contributed by atoms with Crippen molar-refractivity contribution in [2.24, 2.45) is 0 Å². The molecule has 0 saturated carbocycles. The van der Waals surface area contributed by atoms with Gasteiger partial charge in [0.05, 0.1) is 45.2 Å². The number of pyridine rings is 1. The topological polar surface area (TPSA) is 78.9 Å². The molecule has 3 aromatic carbocycles. The van der Waals surface area contributed by atoms with Gasteiger partial charge in [-0.2, -0.15) is 0 Å². The average Bonchev–Trinajstić information content (AvgIpc) is 2.88. The van der Waals surface area contributed by atoms with Gasteiger partial charge in [0.25, 0.3) is 5.91 Å². The molecular weight excluding hydrogens is 444 g/mol. The number of benzene rings is 3. The van der Waals surface area contributed by atoms with E-state index in [0.29, 0.717) is 39.7 Å². The molecule has 7 heteroatoms. The molecule has 1 aromatic heterocycles. The summed E-state index contributed by atoms with van der Waals surface area (Å²) in [7, 11) is 6.30. The molecule has 4 rings (SSSR count). The van der Waals surface area contributed by atoms with E-state index in [1.54, 1.807) is 34.5 Å². The summed E-state index contributed by atoms with van der Waals surface area (Å²) in [5.74, 6) is 2.00. The number of methoxy groups -OCH3 is 4. The summed E-state index contributed by atoms with van der Waals surface area (Å²) < 4.78 is 22.0. The minimum atomic E-state index is -0.244. The van der Waals surface area contributed by atoms with E-state index < -0.39 is 0 Å². The number of hydrogen-bond donors (Lipinski definition) is 1.